The van der Waals surface area contributed by atoms with Gasteiger partial charge in [0, 0.05) is 23.8 Å². The van der Waals surface area contributed by atoms with Crippen LogP contribution in [0.5, 0.6) is 0 Å². The summed E-state index contributed by atoms with van der Waals surface area (Å²) < 4.78 is 0. The molecule has 0 saturated carbocycles. The van der Waals surface area contributed by atoms with Gasteiger partial charge in [0.15, 0.2) is 0 Å². The van der Waals surface area contributed by atoms with E-state index in [1.165, 1.54) is 0 Å². The Bertz CT molecular complexity index is 371. The molecule has 4 heteroatoms. The Morgan fingerprint density at radius 2 is 1.29 bits per heavy atom. The highest BCUT2D eigenvalue weighted by Gasteiger charge is 2.38. The van der Waals surface area contributed by atoms with Crippen molar-refractivity contribution in [2.24, 2.45) is 0 Å². The van der Waals surface area contributed by atoms with Gasteiger partial charge in [-0.25, -0.2) is 0 Å². The molecule has 1 aliphatic rings. The zero-order valence-electron chi connectivity index (χ0n) is 7.10. The maximum atomic E-state index is 10.7. The van der Waals surface area contributed by atoms with Crippen LogP contribution in [0.3, 0.4) is 0 Å². The van der Waals surface area contributed by atoms with Crippen LogP contribution in [0, 0.1) is 0 Å². The normalized spacial score (nSPS) is 23.4. The summed E-state index contributed by atoms with van der Waals surface area (Å²) in [5, 5.41) is 21.3. The highest BCUT2D eigenvalue weighted by molar-refractivity contribution is 5.91. The summed E-state index contributed by atoms with van der Waals surface area (Å²) in [5.74, 6) is -4.84. The monoisotopic (exact) mass is 190 g/mol. The van der Waals surface area contributed by atoms with E-state index in [4.69, 9.17) is 0 Å². The zero-order chi connectivity index (χ0) is 10.3. The molecule has 0 aromatic heterocycles. The topological polar surface area (TPSA) is 80.3 Å². The Labute approximate surface area is 79.8 Å². The number of rotatable bonds is 2. The van der Waals surface area contributed by atoms with Crippen LogP contribution in [0.4, 0.5) is 0 Å². The summed E-state index contributed by atoms with van der Waals surface area (Å²) in [4.78, 5) is 21.3. The Kier molecular flexibility index (Phi) is 1.77. The van der Waals surface area contributed by atoms with Gasteiger partial charge in [0.25, 0.3) is 0 Å². The fourth-order valence-electron chi connectivity index (χ4n) is 1.87. The van der Waals surface area contributed by atoms with Crippen LogP contribution in [0.2, 0.25) is 0 Å². The molecule has 2 rings (SSSR count). The van der Waals surface area contributed by atoms with Gasteiger partial charge in [0.2, 0.25) is 0 Å². The van der Waals surface area contributed by atoms with E-state index in [0.717, 1.165) is 0 Å². The van der Waals surface area contributed by atoms with Crippen LogP contribution in [-0.2, 0) is 9.59 Å². The lowest BCUT2D eigenvalue weighted by Crippen LogP contribution is -2.46. The molecule has 72 valence electrons. The molecule has 0 radical (unpaired) electrons. The predicted molar refractivity (Wildman–Crippen MR) is 41.9 cm³/mol. The second-order valence-corrected chi connectivity index (χ2v) is 3.22. The molecule has 4 nitrogen and oxygen atoms in total. The minimum Gasteiger partial charge on any atom is -0.549 e. The summed E-state index contributed by atoms with van der Waals surface area (Å²) in [5.41, 5.74) is 1.03. The van der Waals surface area contributed by atoms with Crippen LogP contribution >= 0.6 is 0 Å². The first-order valence-corrected chi connectivity index (χ1v) is 4.13. The van der Waals surface area contributed by atoms with Gasteiger partial charge in [-0.1, -0.05) is 24.3 Å². The van der Waals surface area contributed by atoms with Crippen molar-refractivity contribution >= 4 is 11.9 Å². The van der Waals surface area contributed by atoms with Gasteiger partial charge in [0.05, 0.1) is 0 Å². The fraction of sp³-hybridized carbons (Fsp3) is 0.200. The van der Waals surface area contributed by atoms with Crippen LogP contribution in [0.1, 0.15) is 23.0 Å². The molecule has 0 spiro atoms. The molecular formula is C10H6O4-2. The Morgan fingerprint density at radius 3 is 1.57 bits per heavy atom. The maximum Gasteiger partial charge on any atom is 0.0499 e. The maximum absolute atomic E-state index is 10.7. The van der Waals surface area contributed by atoms with E-state index < -0.39 is 23.8 Å². The van der Waals surface area contributed by atoms with E-state index in [0.29, 0.717) is 11.1 Å². The Balaban J connectivity index is 2.47. The number of fused-ring (bicyclic) bond motifs is 1. The highest BCUT2D eigenvalue weighted by Crippen LogP contribution is 2.45. The number of carboxylic acid groups (broad SMARTS) is 2. The number of hydrogen-bond donors (Lipinski definition) is 0. The van der Waals surface area contributed by atoms with Crippen LogP contribution < -0.4 is 10.2 Å². The van der Waals surface area contributed by atoms with E-state index >= 15 is 0 Å². The van der Waals surface area contributed by atoms with Crippen LogP contribution in [-0.4, -0.2) is 11.9 Å². The molecule has 2 atom stereocenters. The standard InChI is InChI=1S/C10H8O4/c11-9(12)7-5-3-1-2-4-6(5)8(7)10(13)14/h1-4,7-8H,(H,11,12)(H,13,14)/p-2. The number of carbonyl (C=O) groups is 2. The highest BCUT2D eigenvalue weighted by atomic mass is 16.4. The average molecular weight is 190 g/mol. The van der Waals surface area contributed by atoms with E-state index in [9.17, 15) is 19.8 Å². The summed E-state index contributed by atoms with van der Waals surface area (Å²) in [6.07, 6.45) is 0. The van der Waals surface area contributed by atoms with Gasteiger partial charge >= 0.3 is 0 Å². The number of benzene rings is 1. The van der Waals surface area contributed by atoms with Gasteiger partial charge < -0.3 is 19.8 Å². The van der Waals surface area contributed by atoms with Crippen molar-refractivity contribution in [3.63, 3.8) is 0 Å². The summed E-state index contributed by atoms with van der Waals surface area (Å²) in [6, 6.07) is 6.52. The van der Waals surface area contributed by atoms with Crippen LogP contribution in [0.25, 0.3) is 0 Å². The molecule has 0 saturated heterocycles. The minimum absolute atomic E-state index is 0.515. The molecule has 1 aromatic rings. The summed E-state index contributed by atoms with van der Waals surface area (Å²) in [7, 11) is 0. The van der Waals surface area contributed by atoms with E-state index in [-0.39, 0.29) is 0 Å². The lowest BCUT2D eigenvalue weighted by atomic mass is 9.68. The number of carboxylic acids is 2. The number of carbonyl (C=O) groups excluding carboxylic acids is 2. The zero-order valence-corrected chi connectivity index (χ0v) is 7.10. The SMILES string of the molecule is O=C([O-])C1c2ccccc2C1C(=O)[O-]. The average Bonchev–Trinajstić information content (AvgIpc) is 2.05. The Hall–Kier alpha value is -1.84. The second kappa shape index (κ2) is 2.83. The summed E-state index contributed by atoms with van der Waals surface area (Å²) >= 11 is 0. The van der Waals surface area contributed by atoms with Crippen molar-refractivity contribution in [3.05, 3.63) is 35.4 Å². The van der Waals surface area contributed by atoms with Crippen molar-refractivity contribution in [1.82, 2.24) is 0 Å². The third-order valence-corrected chi connectivity index (χ3v) is 2.51. The largest absolute Gasteiger partial charge is 0.549 e. The molecule has 1 aromatic carbocycles. The number of hydrogen-bond acceptors (Lipinski definition) is 4. The van der Waals surface area contributed by atoms with Gasteiger partial charge in [0.1, 0.15) is 0 Å². The molecule has 0 N–H and O–H groups in total. The van der Waals surface area contributed by atoms with Gasteiger partial charge in [-0.3, -0.25) is 0 Å². The molecule has 0 aliphatic heterocycles. The lowest BCUT2D eigenvalue weighted by molar-refractivity contribution is -0.321. The van der Waals surface area contributed by atoms with Crippen molar-refractivity contribution in [1.29, 1.82) is 0 Å². The van der Waals surface area contributed by atoms with Gasteiger partial charge in [-0.2, -0.15) is 0 Å². The number of aliphatic carboxylic acids is 2. The molecule has 0 heterocycles. The quantitative estimate of drug-likeness (QED) is 0.560. The first-order chi connectivity index (χ1) is 6.63. The van der Waals surface area contributed by atoms with E-state index in [1.54, 1.807) is 24.3 Å². The van der Waals surface area contributed by atoms with Gasteiger partial charge in [-0.05, 0) is 11.1 Å². The minimum atomic E-state index is -1.36. The van der Waals surface area contributed by atoms with E-state index in [2.05, 4.69) is 0 Å². The molecule has 1 aliphatic carbocycles. The van der Waals surface area contributed by atoms with Gasteiger partial charge in [-0.15, -0.1) is 0 Å². The lowest BCUT2D eigenvalue weighted by Gasteiger charge is -2.40. The molecule has 0 fully saturated rings. The van der Waals surface area contributed by atoms with Crippen LogP contribution in [0.15, 0.2) is 24.3 Å². The second-order valence-electron chi connectivity index (χ2n) is 3.22. The smallest absolute Gasteiger partial charge is 0.0499 e. The third-order valence-electron chi connectivity index (χ3n) is 2.51. The fourth-order valence-corrected chi connectivity index (χ4v) is 1.87. The summed E-state index contributed by atoms with van der Waals surface area (Å²) in [6.45, 7) is 0. The van der Waals surface area contributed by atoms with Crippen molar-refractivity contribution in [2.75, 3.05) is 0 Å². The predicted octanol–water partition coefficient (Wildman–Crippen LogP) is -1.63. The van der Waals surface area contributed by atoms with Crippen molar-refractivity contribution < 1.29 is 19.8 Å². The molecule has 0 amide bonds. The third kappa shape index (κ3) is 1.00. The first kappa shape index (κ1) is 8.74. The Morgan fingerprint density at radius 1 is 0.929 bits per heavy atom. The molecule has 2 unspecified atom stereocenters. The molecule has 14 heavy (non-hydrogen) atoms. The van der Waals surface area contributed by atoms with Crippen molar-refractivity contribution in [3.8, 4) is 0 Å². The first-order valence-electron chi connectivity index (χ1n) is 4.13. The van der Waals surface area contributed by atoms with E-state index in [1.807, 2.05) is 0 Å². The van der Waals surface area contributed by atoms with Crippen molar-refractivity contribution in [2.45, 2.75) is 11.8 Å². The molecule has 0 bridgehead atoms. The molecular weight excluding hydrogens is 184 g/mol.